The highest BCUT2D eigenvalue weighted by molar-refractivity contribution is 4.85. The molecule has 2 heterocycles. The van der Waals surface area contributed by atoms with Crippen LogP contribution >= 0.6 is 0 Å². The Morgan fingerprint density at radius 2 is 2.24 bits per heavy atom. The van der Waals surface area contributed by atoms with Gasteiger partial charge in [-0.15, -0.1) is 0 Å². The van der Waals surface area contributed by atoms with E-state index in [-0.39, 0.29) is 0 Å². The molecule has 2 rings (SSSR count). The van der Waals surface area contributed by atoms with Gasteiger partial charge < -0.3 is 5.32 Å². The van der Waals surface area contributed by atoms with E-state index in [4.69, 9.17) is 0 Å². The number of nitrogens with zero attached hydrogens (tertiary/aromatic N) is 3. The van der Waals surface area contributed by atoms with Gasteiger partial charge in [-0.2, -0.15) is 5.10 Å². The van der Waals surface area contributed by atoms with E-state index in [1.165, 1.54) is 19.5 Å². The predicted molar refractivity (Wildman–Crippen MR) is 69.9 cm³/mol. The Morgan fingerprint density at radius 1 is 1.41 bits per heavy atom. The Balaban J connectivity index is 1.74. The van der Waals surface area contributed by atoms with Crippen molar-refractivity contribution in [2.24, 2.45) is 0 Å². The average molecular weight is 236 g/mol. The molecule has 2 unspecified atom stereocenters. The first-order chi connectivity index (χ1) is 8.15. The molecule has 0 bridgehead atoms. The molecule has 1 aromatic rings. The molecule has 1 N–H and O–H groups in total. The van der Waals surface area contributed by atoms with E-state index < -0.39 is 0 Å². The molecule has 0 amide bonds. The normalized spacial score (nSPS) is 23.4. The molecule has 4 nitrogen and oxygen atoms in total. The summed E-state index contributed by atoms with van der Waals surface area (Å²) < 4.78 is 1.99. The zero-order valence-electron chi connectivity index (χ0n) is 11.1. The molecule has 0 aliphatic carbocycles. The second-order valence-corrected chi connectivity index (χ2v) is 5.37. The first-order valence-electron chi connectivity index (χ1n) is 6.62. The summed E-state index contributed by atoms with van der Waals surface area (Å²) in [6.45, 7) is 10.1. The summed E-state index contributed by atoms with van der Waals surface area (Å²) in [4.78, 5) is 2.54. The second-order valence-electron chi connectivity index (χ2n) is 5.37. The smallest absolute Gasteiger partial charge is 0.0560 e. The van der Waals surface area contributed by atoms with Gasteiger partial charge in [0.2, 0.25) is 0 Å². The fraction of sp³-hybridized carbons (Fsp3) is 0.769. The van der Waals surface area contributed by atoms with Crippen LogP contribution in [-0.4, -0.2) is 45.9 Å². The largest absolute Gasteiger partial charge is 0.308 e. The molecule has 1 aliphatic heterocycles. The minimum absolute atomic E-state index is 0.479. The van der Waals surface area contributed by atoms with Crippen molar-refractivity contribution in [1.29, 1.82) is 0 Å². The third kappa shape index (κ3) is 3.54. The number of aromatic nitrogens is 2. The van der Waals surface area contributed by atoms with Crippen molar-refractivity contribution in [1.82, 2.24) is 20.0 Å². The zero-order chi connectivity index (χ0) is 12.3. The van der Waals surface area contributed by atoms with Gasteiger partial charge in [0.1, 0.15) is 0 Å². The van der Waals surface area contributed by atoms with Crippen molar-refractivity contribution in [3.05, 3.63) is 18.5 Å². The molecule has 0 aromatic carbocycles. The fourth-order valence-electron chi connectivity index (χ4n) is 2.54. The topological polar surface area (TPSA) is 33.1 Å². The highest BCUT2D eigenvalue weighted by atomic mass is 15.3. The molecular weight excluding hydrogens is 212 g/mol. The second kappa shape index (κ2) is 5.65. The number of rotatable bonds is 5. The Morgan fingerprint density at radius 3 is 2.82 bits per heavy atom. The molecule has 0 spiro atoms. The summed E-state index contributed by atoms with van der Waals surface area (Å²) in [7, 11) is 0. The fourth-order valence-corrected chi connectivity index (χ4v) is 2.54. The van der Waals surface area contributed by atoms with Crippen molar-refractivity contribution >= 4 is 0 Å². The van der Waals surface area contributed by atoms with Crippen LogP contribution in [0.2, 0.25) is 0 Å². The van der Waals surface area contributed by atoms with Gasteiger partial charge in [-0.05, 0) is 39.8 Å². The maximum Gasteiger partial charge on any atom is 0.0560 e. The number of likely N-dealkylation sites (tertiary alicyclic amines) is 1. The van der Waals surface area contributed by atoms with Crippen molar-refractivity contribution in [3.8, 4) is 0 Å². The van der Waals surface area contributed by atoms with E-state index in [0.29, 0.717) is 18.1 Å². The standard InChI is InChI=1S/C13H24N4/c1-11(2)16-8-5-13(10-16)15-12(3)9-17-7-4-6-14-17/h4,6-7,11-13,15H,5,8-10H2,1-3H3. The van der Waals surface area contributed by atoms with Gasteiger partial charge in [-0.1, -0.05) is 0 Å². The van der Waals surface area contributed by atoms with E-state index >= 15 is 0 Å². The van der Waals surface area contributed by atoms with E-state index in [1.54, 1.807) is 0 Å². The molecule has 2 atom stereocenters. The van der Waals surface area contributed by atoms with Gasteiger partial charge in [0.25, 0.3) is 0 Å². The number of hydrogen-bond donors (Lipinski definition) is 1. The lowest BCUT2D eigenvalue weighted by Crippen LogP contribution is -2.41. The average Bonchev–Trinajstić information content (AvgIpc) is 2.88. The van der Waals surface area contributed by atoms with Crippen LogP contribution in [0.3, 0.4) is 0 Å². The summed E-state index contributed by atoms with van der Waals surface area (Å²) in [5.74, 6) is 0. The Bertz CT molecular complexity index is 320. The summed E-state index contributed by atoms with van der Waals surface area (Å²) in [5, 5.41) is 7.94. The Kier molecular flexibility index (Phi) is 4.18. The molecule has 0 radical (unpaired) electrons. The van der Waals surface area contributed by atoms with Crippen LogP contribution in [0, 0.1) is 0 Å². The zero-order valence-corrected chi connectivity index (χ0v) is 11.1. The van der Waals surface area contributed by atoms with Crippen LogP contribution in [0.15, 0.2) is 18.5 Å². The number of hydrogen-bond acceptors (Lipinski definition) is 3. The molecule has 96 valence electrons. The van der Waals surface area contributed by atoms with Gasteiger partial charge in [-0.3, -0.25) is 9.58 Å². The maximum atomic E-state index is 4.24. The lowest BCUT2D eigenvalue weighted by atomic mass is 10.2. The van der Waals surface area contributed by atoms with Crippen LogP contribution in [0.5, 0.6) is 0 Å². The van der Waals surface area contributed by atoms with E-state index in [2.05, 4.69) is 36.1 Å². The van der Waals surface area contributed by atoms with Gasteiger partial charge in [-0.25, -0.2) is 0 Å². The summed E-state index contributed by atoms with van der Waals surface area (Å²) >= 11 is 0. The van der Waals surface area contributed by atoms with Crippen molar-refractivity contribution in [2.75, 3.05) is 13.1 Å². The highest BCUT2D eigenvalue weighted by Gasteiger charge is 2.24. The molecule has 0 saturated carbocycles. The first-order valence-corrected chi connectivity index (χ1v) is 6.62. The molecule has 1 aromatic heterocycles. The summed E-state index contributed by atoms with van der Waals surface area (Å²) in [6.07, 6.45) is 5.12. The lowest BCUT2D eigenvalue weighted by Gasteiger charge is -2.22. The van der Waals surface area contributed by atoms with Gasteiger partial charge >= 0.3 is 0 Å². The third-order valence-electron chi connectivity index (χ3n) is 3.49. The van der Waals surface area contributed by atoms with Crippen molar-refractivity contribution < 1.29 is 0 Å². The maximum absolute atomic E-state index is 4.24. The quantitative estimate of drug-likeness (QED) is 0.837. The van der Waals surface area contributed by atoms with Crippen molar-refractivity contribution in [2.45, 2.75) is 51.9 Å². The molecule has 17 heavy (non-hydrogen) atoms. The van der Waals surface area contributed by atoms with Crippen LogP contribution < -0.4 is 5.32 Å². The monoisotopic (exact) mass is 236 g/mol. The Labute approximate surface area is 104 Å². The molecule has 1 saturated heterocycles. The van der Waals surface area contributed by atoms with Gasteiger partial charge in [0.15, 0.2) is 0 Å². The van der Waals surface area contributed by atoms with E-state index in [9.17, 15) is 0 Å². The third-order valence-corrected chi connectivity index (χ3v) is 3.49. The van der Waals surface area contributed by atoms with E-state index in [0.717, 1.165) is 6.54 Å². The van der Waals surface area contributed by atoms with Crippen LogP contribution in [0.4, 0.5) is 0 Å². The molecule has 4 heteroatoms. The van der Waals surface area contributed by atoms with Crippen LogP contribution in [-0.2, 0) is 6.54 Å². The number of nitrogens with one attached hydrogen (secondary N) is 1. The molecule has 1 aliphatic rings. The minimum atomic E-state index is 0.479. The van der Waals surface area contributed by atoms with Gasteiger partial charge in [0, 0.05) is 37.1 Å². The van der Waals surface area contributed by atoms with Gasteiger partial charge in [0.05, 0.1) is 6.54 Å². The molecular formula is C13H24N4. The van der Waals surface area contributed by atoms with Crippen LogP contribution in [0.1, 0.15) is 27.2 Å². The molecule has 1 fully saturated rings. The summed E-state index contributed by atoms with van der Waals surface area (Å²) in [6, 6.07) is 3.76. The highest BCUT2D eigenvalue weighted by Crippen LogP contribution is 2.12. The van der Waals surface area contributed by atoms with Crippen molar-refractivity contribution in [3.63, 3.8) is 0 Å². The minimum Gasteiger partial charge on any atom is -0.308 e. The SMILES string of the molecule is CC(Cn1cccn1)NC1CCN(C(C)C)C1. The Hall–Kier alpha value is -0.870. The van der Waals surface area contributed by atoms with E-state index in [1.807, 2.05) is 23.1 Å². The first kappa shape index (κ1) is 12.6. The van der Waals surface area contributed by atoms with Crippen LogP contribution in [0.25, 0.3) is 0 Å². The predicted octanol–water partition coefficient (Wildman–Crippen LogP) is 1.34. The summed E-state index contributed by atoms with van der Waals surface area (Å²) in [5.41, 5.74) is 0. The lowest BCUT2D eigenvalue weighted by molar-refractivity contribution is 0.264.